The number of primary amides is 1. The average molecular weight is 341 g/mol. The standard InChI is InChI=1S/C14H14F3N5O2/c1-7-2-3-22-12(20-7)8(4-19-22)13(24)21-5-9(11(18)23)10(6-21)14(15,16)17/h2-4,9-10H,5-6H2,1H3,(H2,18,23)/t9-,10-/m1/s1. The molecule has 3 heterocycles. The number of nitrogens with two attached hydrogens (primary N) is 1. The van der Waals surface area contributed by atoms with Gasteiger partial charge in [0.15, 0.2) is 5.65 Å². The van der Waals surface area contributed by atoms with E-state index in [-0.39, 0.29) is 17.8 Å². The topological polar surface area (TPSA) is 93.6 Å². The van der Waals surface area contributed by atoms with Crippen LogP contribution in [-0.4, -0.2) is 50.6 Å². The molecular weight excluding hydrogens is 327 g/mol. The van der Waals surface area contributed by atoms with Crippen LogP contribution in [-0.2, 0) is 4.79 Å². The number of likely N-dealkylation sites (tertiary alicyclic amines) is 1. The highest BCUT2D eigenvalue weighted by Crippen LogP contribution is 2.38. The van der Waals surface area contributed by atoms with Crippen molar-refractivity contribution in [3.05, 3.63) is 29.7 Å². The Kier molecular flexibility index (Phi) is 3.69. The van der Waals surface area contributed by atoms with Crippen molar-refractivity contribution in [2.24, 2.45) is 17.6 Å². The first-order chi connectivity index (χ1) is 11.2. The molecule has 0 saturated carbocycles. The largest absolute Gasteiger partial charge is 0.394 e. The lowest BCUT2D eigenvalue weighted by atomic mass is 9.95. The van der Waals surface area contributed by atoms with Gasteiger partial charge in [-0.1, -0.05) is 0 Å². The molecule has 1 aliphatic rings. The van der Waals surface area contributed by atoms with Crippen molar-refractivity contribution < 1.29 is 22.8 Å². The molecule has 0 aliphatic carbocycles. The molecule has 2 N–H and O–H groups in total. The summed E-state index contributed by atoms with van der Waals surface area (Å²) in [5.41, 5.74) is 6.05. The van der Waals surface area contributed by atoms with E-state index >= 15 is 0 Å². The van der Waals surface area contributed by atoms with E-state index in [1.165, 1.54) is 10.7 Å². The Morgan fingerprint density at radius 2 is 2.04 bits per heavy atom. The van der Waals surface area contributed by atoms with E-state index in [2.05, 4.69) is 10.1 Å². The Labute approximate surface area is 134 Å². The fraction of sp³-hybridized carbons (Fsp3) is 0.429. The highest BCUT2D eigenvalue weighted by molar-refractivity contribution is 6.00. The number of aromatic nitrogens is 3. The van der Waals surface area contributed by atoms with Gasteiger partial charge in [0.1, 0.15) is 5.56 Å². The molecule has 2 amide bonds. The van der Waals surface area contributed by atoms with E-state index in [1.54, 1.807) is 19.2 Å². The summed E-state index contributed by atoms with van der Waals surface area (Å²) in [7, 11) is 0. The lowest BCUT2D eigenvalue weighted by Gasteiger charge is -2.18. The molecule has 2 aromatic heterocycles. The Morgan fingerprint density at radius 1 is 1.33 bits per heavy atom. The maximum atomic E-state index is 13.1. The van der Waals surface area contributed by atoms with Crippen LogP contribution in [0.2, 0.25) is 0 Å². The first-order valence-corrected chi connectivity index (χ1v) is 7.15. The Morgan fingerprint density at radius 3 is 2.62 bits per heavy atom. The number of halogens is 3. The Bertz CT molecular complexity index is 816. The first kappa shape index (κ1) is 16.2. The van der Waals surface area contributed by atoms with Gasteiger partial charge in [0, 0.05) is 25.0 Å². The van der Waals surface area contributed by atoms with Crippen molar-refractivity contribution in [3.63, 3.8) is 0 Å². The molecule has 10 heteroatoms. The van der Waals surface area contributed by atoms with E-state index in [1.807, 2.05) is 0 Å². The average Bonchev–Trinajstić information content (AvgIpc) is 3.10. The minimum atomic E-state index is -4.61. The number of hydrogen-bond acceptors (Lipinski definition) is 4. The van der Waals surface area contributed by atoms with E-state index in [0.29, 0.717) is 5.69 Å². The van der Waals surface area contributed by atoms with Gasteiger partial charge in [-0.3, -0.25) is 9.59 Å². The molecule has 2 atom stereocenters. The predicted octanol–water partition coefficient (Wildman–Crippen LogP) is 0.774. The zero-order valence-corrected chi connectivity index (χ0v) is 12.6. The van der Waals surface area contributed by atoms with E-state index in [4.69, 9.17) is 5.73 Å². The van der Waals surface area contributed by atoms with Crippen LogP contribution in [0.1, 0.15) is 16.1 Å². The van der Waals surface area contributed by atoms with Crippen molar-refractivity contribution in [3.8, 4) is 0 Å². The summed E-state index contributed by atoms with van der Waals surface area (Å²) in [5, 5.41) is 3.97. The molecule has 24 heavy (non-hydrogen) atoms. The third-order valence-electron chi connectivity index (χ3n) is 4.13. The van der Waals surface area contributed by atoms with Gasteiger partial charge in [0.05, 0.1) is 18.0 Å². The van der Waals surface area contributed by atoms with Crippen LogP contribution in [0.4, 0.5) is 13.2 Å². The van der Waals surface area contributed by atoms with E-state index in [9.17, 15) is 22.8 Å². The fourth-order valence-corrected chi connectivity index (χ4v) is 2.87. The van der Waals surface area contributed by atoms with Crippen LogP contribution in [0.3, 0.4) is 0 Å². The molecule has 1 fully saturated rings. The minimum absolute atomic E-state index is 0.0877. The minimum Gasteiger partial charge on any atom is -0.369 e. The molecule has 0 unspecified atom stereocenters. The maximum absolute atomic E-state index is 13.1. The molecule has 1 saturated heterocycles. The number of rotatable bonds is 2. The van der Waals surface area contributed by atoms with Crippen molar-refractivity contribution in [1.82, 2.24) is 19.5 Å². The van der Waals surface area contributed by atoms with Crippen LogP contribution >= 0.6 is 0 Å². The smallest absolute Gasteiger partial charge is 0.369 e. The summed E-state index contributed by atoms with van der Waals surface area (Å²) in [6.07, 6.45) is -1.75. The number of fused-ring (bicyclic) bond motifs is 1. The summed E-state index contributed by atoms with van der Waals surface area (Å²) >= 11 is 0. The Balaban J connectivity index is 1.92. The summed E-state index contributed by atoms with van der Waals surface area (Å²) < 4.78 is 40.6. The molecule has 0 bridgehead atoms. The number of carbonyl (C=O) groups excluding carboxylic acids is 2. The quantitative estimate of drug-likeness (QED) is 0.873. The SMILES string of the molecule is Cc1ccn2ncc(C(=O)N3C[C@@H](C(F)(F)F)[C@H](C(N)=O)C3)c2n1. The molecule has 1 aliphatic heterocycles. The number of aryl methyl sites for hydroxylation is 1. The second kappa shape index (κ2) is 5.46. The van der Waals surface area contributed by atoms with Crippen LogP contribution in [0, 0.1) is 18.8 Å². The third kappa shape index (κ3) is 2.68. The fourth-order valence-electron chi connectivity index (χ4n) is 2.87. The highest BCUT2D eigenvalue weighted by atomic mass is 19.4. The zero-order chi connectivity index (χ0) is 17.6. The number of alkyl halides is 3. The zero-order valence-electron chi connectivity index (χ0n) is 12.6. The molecule has 0 radical (unpaired) electrons. The predicted molar refractivity (Wildman–Crippen MR) is 75.9 cm³/mol. The van der Waals surface area contributed by atoms with Gasteiger partial charge in [-0.25, -0.2) is 9.50 Å². The summed E-state index contributed by atoms with van der Waals surface area (Å²) in [6.45, 7) is 0.737. The number of amides is 2. The third-order valence-corrected chi connectivity index (χ3v) is 4.13. The van der Waals surface area contributed by atoms with Crippen LogP contribution in [0.15, 0.2) is 18.5 Å². The van der Waals surface area contributed by atoms with Gasteiger partial charge >= 0.3 is 6.18 Å². The number of nitrogens with zero attached hydrogens (tertiary/aromatic N) is 4. The molecule has 3 rings (SSSR count). The van der Waals surface area contributed by atoms with Crippen molar-refractivity contribution >= 4 is 17.5 Å². The highest BCUT2D eigenvalue weighted by Gasteiger charge is 2.53. The Hall–Kier alpha value is -2.65. The second-order valence-corrected chi connectivity index (χ2v) is 5.76. The van der Waals surface area contributed by atoms with Crippen molar-refractivity contribution in [2.45, 2.75) is 13.1 Å². The number of hydrogen-bond donors (Lipinski definition) is 1. The molecular formula is C14H14F3N5O2. The lowest BCUT2D eigenvalue weighted by Crippen LogP contribution is -2.37. The molecule has 0 spiro atoms. The molecule has 128 valence electrons. The molecule has 2 aromatic rings. The normalized spacial score (nSPS) is 21.4. The van der Waals surface area contributed by atoms with Gasteiger partial charge in [-0.15, -0.1) is 0 Å². The van der Waals surface area contributed by atoms with Crippen LogP contribution < -0.4 is 5.73 Å². The van der Waals surface area contributed by atoms with Gasteiger partial charge < -0.3 is 10.6 Å². The van der Waals surface area contributed by atoms with Crippen molar-refractivity contribution in [1.29, 1.82) is 0 Å². The maximum Gasteiger partial charge on any atom is 0.394 e. The van der Waals surface area contributed by atoms with Crippen LogP contribution in [0.25, 0.3) is 5.65 Å². The van der Waals surface area contributed by atoms with Gasteiger partial charge in [0.25, 0.3) is 5.91 Å². The van der Waals surface area contributed by atoms with E-state index < -0.39 is 36.4 Å². The summed E-state index contributed by atoms with van der Waals surface area (Å²) in [4.78, 5) is 29.1. The summed E-state index contributed by atoms with van der Waals surface area (Å²) in [6, 6.07) is 1.69. The summed E-state index contributed by atoms with van der Waals surface area (Å²) in [5.74, 6) is -5.14. The second-order valence-electron chi connectivity index (χ2n) is 5.76. The lowest BCUT2D eigenvalue weighted by molar-refractivity contribution is -0.182. The first-order valence-electron chi connectivity index (χ1n) is 7.15. The van der Waals surface area contributed by atoms with Gasteiger partial charge in [-0.05, 0) is 13.0 Å². The van der Waals surface area contributed by atoms with Crippen LogP contribution in [0.5, 0.6) is 0 Å². The molecule has 7 nitrogen and oxygen atoms in total. The molecule has 0 aromatic carbocycles. The van der Waals surface area contributed by atoms with Gasteiger partial charge in [-0.2, -0.15) is 18.3 Å². The monoisotopic (exact) mass is 341 g/mol. The van der Waals surface area contributed by atoms with Gasteiger partial charge in [0.2, 0.25) is 5.91 Å². The van der Waals surface area contributed by atoms with E-state index in [0.717, 1.165) is 4.90 Å². The number of carbonyl (C=O) groups is 2. The van der Waals surface area contributed by atoms with Crippen molar-refractivity contribution in [2.75, 3.05) is 13.1 Å².